The Balaban J connectivity index is 1.22. The van der Waals surface area contributed by atoms with Crippen molar-refractivity contribution < 1.29 is 14.4 Å². The molecule has 47 heavy (non-hydrogen) atoms. The fourth-order valence-corrected chi connectivity index (χ4v) is 7.19. The van der Waals surface area contributed by atoms with Gasteiger partial charge in [0.1, 0.15) is 6.04 Å². The summed E-state index contributed by atoms with van der Waals surface area (Å²) >= 11 is 0. The fourth-order valence-electron chi connectivity index (χ4n) is 7.19. The molecule has 2 fully saturated rings. The molecule has 5 rings (SSSR count). The van der Waals surface area contributed by atoms with Crippen molar-refractivity contribution in [1.82, 2.24) is 15.5 Å². The lowest BCUT2D eigenvalue weighted by Crippen LogP contribution is -2.50. The van der Waals surface area contributed by atoms with Crippen LogP contribution in [0.5, 0.6) is 0 Å². The highest BCUT2D eigenvalue weighted by atomic mass is 16.2. The predicted octanol–water partition coefficient (Wildman–Crippen LogP) is 8.23. The van der Waals surface area contributed by atoms with Gasteiger partial charge in [-0.25, -0.2) is 0 Å². The van der Waals surface area contributed by atoms with Crippen molar-refractivity contribution in [3.63, 3.8) is 0 Å². The van der Waals surface area contributed by atoms with Crippen LogP contribution in [0.2, 0.25) is 0 Å². The predicted molar refractivity (Wildman–Crippen MR) is 190 cm³/mol. The van der Waals surface area contributed by atoms with Crippen LogP contribution in [0.1, 0.15) is 114 Å². The molecular weight excluding hydrogens is 582 g/mol. The lowest BCUT2D eigenvalue weighted by molar-refractivity contribution is -0.141. The highest BCUT2D eigenvalue weighted by molar-refractivity contribution is 6.01. The summed E-state index contributed by atoms with van der Waals surface area (Å²) in [5, 5.41) is 6.41. The maximum absolute atomic E-state index is 13.9. The van der Waals surface area contributed by atoms with Gasteiger partial charge in [-0.15, -0.1) is 0 Å². The number of hydrogen-bond donors (Lipinski definition) is 2. The van der Waals surface area contributed by atoms with Gasteiger partial charge in [-0.2, -0.15) is 0 Å². The third-order valence-electron chi connectivity index (χ3n) is 10.9. The number of carbonyl (C=O) groups is 3. The van der Waals surface area contributed by atoms with Gasteiger partial charge < -0.3 is 15.5 Å². The largest absolute Gasteiger partial charge is 0.351 e. The zero-order chi connectivity index (χ0) is 33.8. The molecule has 0 heterocycles. The number of nitrogens with zero attached hydrogens (tertiary/aromatic N) is 1. The minimum absolute atomic E-state index is 0.0474. The number of amides is 3. The molecule has 1 atom stereocenters. The van der Waals surface area contributed by atoms with E-state index in [0.717, 1.165) is 55.2 Å². The zero-order valence-corrected chi connectivity index (χ0v) is 29.2. The first kappa shape index (κ1) is 34.4. The summed E-state index contributed by atoms with van der Waals surface area (Å²) in [4.78, 5) is 43.1. The number of benzene rings is 3. The van der Waals surface area contributed by atoms with Crippen LogP contribution in [0.3, 0.4) is 0 Å². The van der Waals surface area contributed by atoms with Crippen molar-refractivity contribution in [3.8, 4) is 11.1 Å². The first-order valence-corrected chi connectivity index (χ1v) is 17.4. The van der Waals surface area contributed by atoms with Gasteiger partial charge in [0.2, 0.25) is 11.8 Å². The van der Waals surface area contributed by atoms with E-state index in [4.69, 9.17) is 0 Å². The molecule has 2 aliphatic carbocycles. The molecule has 0 saturated heterocycles. The van der Waals surface area contributed by atoms with E-state index in [1.165, 1.54) is 5.56 Å². The summed E-state index contributed by atoms with van der Waals surface area (Å²) in [6.07, 6.45) is 7.30. The molecule has 250 valence electrons. The average Bonchev–Trinajstić information content (AvgIpc) is 3.62. The molecule has 0 unspecified atom stereocenters. The van der Waals surface area contributed by atoms with Gasteiger partial charge in [0, 0.05) is 30.6 Å². The summed E-state index contributed by atoms with van der Waals surface area (Å²) in [6, 6.07) is 25.4. The molecule has 0 aromatic heterocycles. The van der Waals surface area contributed by atoms with E-state index in [2.05, 4.69) is 62.6 Å². The lowest BCUT2D eigenvalue weighted by atomic mass is 9.64. The van der Waals surface area contributed by atoms with Crippen LogP contribution >= 0.6 is 0 Å². The number of carbonyl (C=O) groups excluding carboxylic acids is 3. The van der Waals surface area contributed by atoms with Crippen molar-refractivity contribution in [3.05, 3.63) is 95.6 Å². The Labute approximate surface area is 281 Å². The van der Waals surface area contributed by atoms with Crippen LogP contribution in [-0.2, 0) is 15.0 Å². The summed E-state index contributed by atoms with van der Waals surface area (Å²) in [6.45, 7) is 11.4. The molecular formula is C41H53N3O3. The van der Waals surface area contributed by atoms with Gasteiger partial charge in [0.15, 0.2) is 0 Å². The molecule has 6 heteroatoms. The minimum atomic E-state index is -0.705. The monoisotopic (exact) mass is 635 g/mol. The van der Waals surface area contributed by atoms with Gasteiger partial charge in [0.25, 0.3) is 5.91 Å². The van der Waals surface area contributed by atoms with Crippen LogP contribution in [-0.4, -0.2) is 42.3 Å². The second kappa shape index (κ2) is 14.0. The van der Waals surface area contributed by atoms with E-state index in [0.29, 0.717) is 24.9 Å². The maximum Gasteiger partial charge on any atom is 0.251 e. The first-order valence-electron chi connectivity index (χ1n) is 17.4. The van der Waals surface area contributed by atoms with Gasteiger partial charge in [-0.05, 0) is 77.7 Å². The average molecular weight is 636 g/mol. The highest BCUT2D eigenvalue weighted by Gasteiger charge is 2.44. The van der Waals surface area contributed by atoms with Crippen LogP contribution < -0.4 is 10.6 Å². The molecule has 3 aromatic rings. The number of hydrogen-bond acceptors (Lipinski definition) is 3. The molecule has 0 aliphatic heterocycles. The third kappa shape index (κ3) is 7.97. The van der Waals surface area contributed by atoms with Crippen LogP contribution in [0.4, 0.5) is 0 Å². The first-order chi connectivity index (χ1) is 22.3. The van der Waals surface area contributed by atoms with Gasteiger partial charge >= 0.3 is 0 Å². The second-order valence-electron chi connectivity index (χ2n) is 15.6. The zero-order valence-electron chi connectivity index (χ0n) is 29.2. The number of rotatable bonds is 9. The minimum Gasteiger partial charge on any atom is -0.351 e. The lowest BCUT2D eigenvalue weighted by Gasteiger charge is -2.43. The summed E-state index contributed by atoms with van der Waals surface area (Å²) in [5.74, 6) is -0.200. The molecule has 3 amide bonds. The Morgan fingerprint density at radius 2 is 1.43 bits per heavy atom. The molecule has 2 aliphatic rings. The molecule has 3 aromatic carbocycles. The van der Waals surface area contributed by atoms with E-state index < -0.39 is 11.5 Å². The van der Waals surface area contributed by atoms with E-state index in [1.54, 1.807) is 0 Å². The van der Waals surface area contributed by atoms with Crippen molar-refractivity contribution in [1.29, 1.82) is 0 Å². The normalized spacial score (nSPS) is 22.3. The SMILES string of the molecule is CN(C(=O)[C@@H](NC(=O)C1(C)CCC(C)(CNC(=O)c2ccccc2-c2ccc(C(C)(C)C)cc2)CC1)c1ccccc1)C1CCCC1. The standard InChI is InChI=1S/C41H53N3O3/c1-39(2,3)31-22-20-29(21-23-31)33-18-12-13-19-34(33)36(45)42-28-40(4)24-26-41(5,27-25-40)38(47)43-35(30-14-8-7-9-15-30)37(46)44(6)32-16-10-11-17-32/h7-9,12-15,18-23,32,35H,10-11,16-17,24-28H2,1-6H3,(H,42,45)(H,43,47)/t35-,40?,41?/m0/s1. The Morgan fingerprint density at radius 3 is 2.04 bits per heavy atom. The van der Waals surface area contributed by atoms with Gasteiger partial charge in [-0.3, -0.25) is 14.4 Å². The molecule has 0 radical (unpaired) electrons. The van der Waals surface area contributed by atoms with Crippen molar-refractivity contribution in [2.24, 2.45) is 10.8 Å². The maximum atomic E-state index is 13.9. The Morgan fingerprint density at radius 1 is 0.830 bits per heavy atom. The van der Waals surface area contributed by atoms with E-state index >= 15 is 0 Å². The summed E-state index contributed by atoms with van der Waals surface area (Å²) in [7, 11) is 1.88. The van der Waals surface area contributed by atoms with Gasteiger partial charge in [-0.1, -0.05) is 120 Å². The van der Waals surface area contributed by atoms with E-state index in [1.807, 2.05) is 73.5 Å². The Bertz CT molecular complexity index is 1540. The third-order valence-corrected chi connectivity index (χ3v) is 10.9. The second-order valence-corrected chi connectivity index (χ2v) is 15.6. The smallest absolute Gasteiger partial charge is 0.251 e. The fraction of sp³-hybridized carbons (Fsp3) is 0.488. The molecule has 6 nitrogen and oxygen atoms in total. The Hall–Kier alpha value is -3.93. The molecule has 2 saturated carbocycles. The number of likely N-dealkylation sites (N-methyl/N-ethyl adjacent to an activating group) is 1. The Kier molecular flexibility index (Phi) is 10.3. The molecule has 2 N–H and O–H groups in total. The summed E-state index contributed by atoms with van der Waals surface area (Å²) < 4.78 is 0. The van der Waals surface area contributed by atoms with Gasteiger partial charge in [0.05, 0.1) is 0 Å². The quantitative estimate of drug-likeness (QED) is 0.249. The summed E-state index contributed by atoms with van der Waals surface area (Å²) in [5.41, 5.74) is 4.03. The highest BCUT2D eigenvalue weighted by Crippen LogP contribution is 2.45. The molecule has 0 bridgehead atoms. The topological polar surface area (TPSA) is 78.5 Å². The van der Waals surface area contributed by atoms with Crippen molar-refractivity contribution in [2.75, 3.05) is 13.6 Å². The molecule has 0 spiro atoms. The van der Waals surface area contributed by atoms with Crippen molar-refractivity contribution in [2.45, 2.75) is 103 Å². The van der Waals surface area contributed by atoms with Crippen LogP contribution in [0, 0.1) is 10.8 Å². The number of nitrogens with one attached hydrogen (secondary N) is 2. The van der Waals surface area contributed by atoms with E-state index in [-0.39, 0.29) is 34.6 Å². The van der Waals surface area contributed by atoms with Crippen molar-refractivity contribution >= 4 is 17.7 Å². The van der Waals surface area contributed by atoms with Crippen LogP contribution in [0.25, 0.3) is 11.1 Å². The van der Waals surface area contributed by atoms with E-state index in [9.17, 15) is 14.4 Å². The van der Waals surface area contributed by atoms with Crippen LogP contribution in [0.15, 0.2) is 78.9 Å².